The van der Waals surface area contributed by atoms with Gasteiger partial charge < -0.3 is 29.7 Å². The number of rotatable bonds is 7. The fraction of sp³-hybridized carbons (Fsp3) is 0.714. The summed E-state index contributed by atoms with van der Waals surface area (Å²) in [6.07, 6.45) is 2.25. The Labute approximate surface area is 348 Å². The Balaban J connectivity index is 1.16. The van der Waals surface area contributed by atoms with Crippen LogP contribution in [0.5, 0.6) is 11.6 Å². The van der Waals surface area contributed by atoms with Crippen LogP contribution in [0.3, 0.4) is 0 Å². The van der Waals surface area contributed by atoms with E-state index < -0.39 is 92.9 Å². The van der Waals surface area contributed by atoms with Gasteiger partial charge in [-0.15, -0.1) is 0 Å². The maximum absolute atomic E-state index is 15.0. The number of carbonyl (C=O) groups excluding carboxylic acids is 4. The zero-order chi connectivity index (χ0) is 42.9. The first kappa shape index (κ1) is 42.3. The number of alkyl carbamates (subject to hydrolysis) is 1. The number of carbonyl (C=O) groups is 4. The van der Waals surface area contributed by atoms with Gasteiger partial charge in [0, 0.05) is 12.0 Å². The number of alkyl halides is 2. The first-order chi connectivity index (χ1) is 28.4. The van der Waals surface area contributed by atoms with Crippen LogP contribution < -0.4 is 24.8 Å². The summed E-state index contributed by atoms with van der Waals surface area (Å²) < 4.78 is 74.4. The van der Waals surface area contributed by atoms with Crippen LogP contribution in [0.4, 0.5) is 13.6 Å². The van der Waals surface area contributed by atoms with Gasteiger partial charge in [-0.05, 0) is 93.1 Å². The molecule has 4 saturated carbocycles. The molecule has 3 heterocycles. The molecular formula is C42H56F2N6O9S. The van der Waals surface area contributed by atoms with E-state index in [4.69, 9.17) is 24.2 Å². The second kappa shape index (κ2) is 15.8. The van der Waals surface area contributed by atoms with E-state index in [0.29, 0.717) is 47.7 Å². The molecule has 8 rings (SSSR count). The number of aromatic nitrogens is 2. The minimum atomic E-state index is -4.15. The van der Waals surface area contributed by atoms with Crippen LogP contribution in [-0.4, -0.2) is 102 Å². The molecule has 15 nitrogen and oxygen atoms in total. The van der Waals surface area contributed by atoms with E-state index in [0.717, 1.165) is 44.9 Å². The van der Waals surface area contributed by atoms with Gasteiger partial charge in [-0.1, -0.05) is 40.5 Å². The lowest BCUT2D eigenvalue weighted by atomic mass is 9.82. The molecule has 18 heteroatoms. The molecule has 2 aromatic rings. The van der Waals surface area contributed by atoms with Crippen molar-refractivity contribution >= 4 is 44.9 Å². The van der Waals surface area contributed by atoms with Gasteiger partial charge in [-0.25, -0.2) is 32.0 Å². The number of nitrogens with zero attached hydrogens (tertiary/aromatic N) is 3. The summed E-state index contributed by atoms with van der Waals surface area (Å²) in [5, 5.41) is 4.52. The largest absolute Gasteiger partial charge is 0.497 e. The number of methoxy groups -OCH3 is 1. The third-order valence-corrected chi connectivity index (χ3v) is 15.7. The Morgan fingerprint density at radius 1 is 1.02 bits per heavy atom. The van der Waals surface area contributed by atoms with E-state index in [9.17, 15) is 36.4 Å². The van der Waals surface area contributed by atoms with Crippen LogP contribution in [0.25, 0.3) is 11.0 Å². The second-order valence-corrected chi connectivity index (χ2v) is 20.9. The summed E-state index contributed by atoms with van der Waals surface area (Å²) in [5.41, 5.74) is -1.41. The molecule has 4 bridgehead atoms. The summed E-state index contributed by atoms with van der Waals surface area (Å²) in [7, 11) is -2.61. The van der Waals surface area contributed by atoms with Crippen molar-refractivity contribution in [2.45, 2.75) is 140 Å². The number of ether oxygens (including phenoxy) is 3. The minimum absolute atomic E-state index is 0.180. The van der Waals surface area contributed by atoms with Gasteiger partial charge in [-0.2, -0.15) is 0 Å². The average molecular weight is 859 g/mol. The number of amides is 4. The molecule has 1 saturated heterocycles. The summed E-state index contributed by atoms with van der Waals surface area (Å²) >= 11 is 0. The molecule has 5 fully saturated rings. The number of sulfonamides is 1. The van der Waals surface area contributed by atoms with Crippen molar-refractivity contribution in [3.05, 3.63) is 23.9 Å². The number of aryl methyl sites for hydroxylation is 1. The quantitative estimate of drug-likeness (QED) is 0.351. The van der Waals surface area contributed by atoms with Gasteiger partial charge in [0.2, 0.25) is 34.1 Å². The van der Waals surface area contributed by atoms with Crippen molar-refractivity contribution in [2.24, 2.45) is 35.0 Å². The van der Waals surface area contributed by atoms with Crippen molar-refractivity contribution < 1.29 is 50.6 Å². The zero-order valence-electron chi connectivity index (χ0n) is 34.7. The van der Waals surface area contributed by atoms with Crippen LogP contribution in [0.1, 0.15) is 97.6 Å². The molecule has 60 heavy (non-hydrogen) atoms. The van der Waals surface area contributed by atoms with Gasteiger partial charge in [0.1, 0.15) is 41.3 Å². The Morgan fingerprint density at radius 2 is 1.77 bits per heavy atom. The van der Waals surface area contributed by atoms with Crippen molar-refractivity contribution in [3.8, 4) is 11.6 Å². The van der Waals surface area contributed by atoms with Crippen LogP contribution in [0.15, 0.2) is 18.2 Å². The third-order valence-electron chi connectivity index (χ3n) is 13.9. The molecule has 1 aromatic heterocycles. The van der Waals surface area contributed by atoms with Gasteiger partial charge in [0.05, 0.1) is 35.9 Å². The van der Waals surface area contributed by atoms with Crippen molar-refractivity contribution in [3.63, 3.8) is 0 Å². The monoisotopic (exact) mass is 858 g/mol. The fourth-order valence-corrected chi connectivity index (χ4v) is 11.6. The number of fused-ring (bicyclic) bond motifs is 9. The summed E-state index contributed by atoms with van der Waals surface area (Å²) in [6.45, 7) is 6.81. The molecule has 328 valence electrons. The van der Waals surface area contributed by atoms with Gasteiger partial charge in [-0.3, -0.25) is 19.1 Å². The van der Waals surface area contributed by atoms with Crippen molar-refractivity contribution in [1.29, 1.82) is 0 Å². The molecule has 3 N–H and O–H groups in total. The van der Waals surface area contributed by atoms with E-state index in [1.165, 1.54) is 4.90 Å². The Bertz CT molecular complexity index is 2150. The van der Waals surface area contributed by atoms with Crippen molar-refractivity contribution in [1.82, 2.24) is 30.2 Å². The van der Waals surface area contributed by atoms with Gasteiger partial charge in [0.25, 0.3) is 5.91 Å². The summed E-state index contributed by atoms with van der Waals surface area (Å²) in [6, 6.07) is 2.73. The van der Waals surface area contributed by atoms with Gasteiger partial charge >= 0.3 is 6.09 Å². The summed E-state index contributed by atoms with van der Waals surface area (Å²) in [5.74, 6) is -3.65. The molecule has 2 aliphatic heterocycles. The molecule has 4 aliphatic carbocycles. The van der Waals surface area contributed by atoms with Crippen molar-refractivity contribution in [2.75, 3.05) is 13.7 Å². The second-order valence-electron chi connectivity index (χ2n) is 19.0. The van der Waals surface area contributed by atoms with E-state index >= 15 is 0 Å². The molecule has 6 aliphatic rings. The number of benzene rings is 1. The van der Waals surface area contributed by atoms with E-state index in [2.05, 4.69) is 10.6 Å². The van der Waals surface area contributed by atoms with Crippen LogP contribution >= 0.6 is 0 Å². The highest BCUT2D eigenvalue weighted by Crippen LogP contribution is 2.52. The highest BCUT2D eigenvalue weighted by molar-refractivity contribution is 7.91. The topological polar surface area (TPSA) is 195 Å². The van der Waals surface area contributed by atoms with E-state index in [1.54, 1.807) is 46.9 Å². The molecule has 10 atom stereocenters. The Hall–Kier alpha value is -4.35. The van der Waals surface area contributed by atoms with Crippen LogP contribution in [0, 0.1) is 35.0 Å². The highest BCUT2D eigenvalue weighted by atomic mass is 32.2. The van der Waals surface area contributed by atoms with Gasteiger partial charge in [0.15, 0.2) is 0 Å². The molecule has 4 amide bonds. The van der Waals surface area contributed by atoms with Crippen LogP contribution in [-0.2, 0) is 35.6 Å². The molecular weight excluding hydrogens is 803 g/mol. The first-order valence-electron chi connectivity index (χ1n) is 21.4. The smallest absolute Gasteiger partial charge is 0.408 e. The Kier molecular flexibility index (Phi) is 11.2. The third kappa shape index (κ3) is 8.08. The average Bonchev–Trinajstić information content (AvgIpc) is 4.07. The lowest BCUT2D eigenvalue weighted by Crippen LogP contribution is -2.61. The number of hydrogen-bond donors (Lipinski definition) is 3. The highest BCUT2D eigenvalue weighted by Gasteiger charge is 2.67. The number of hydrogen-bond acceptors (Lipinski definition) is 11. The van der Waals surface area contributed by atoms with Crippen LogP contribution in [0.2, 0.25) is 0 Å². The number of nitrogens with one attached hydrogen (secondary N) is 3. The first-order valence-corrected chi connectivity index (χ1v) is 22.9. The van der Waals surface area contributed by atoms with E-state index in [-0.39, 0.29) is 30.4 Å². The SMILES string of the molecule is COc1ccc2nc3c(nc2c1)O[C@H]1CN(C(=O)[C@H](C(C)(C)C)NC(=O)O[C@@H]2[C@H]4CC[C@H](C4)[C@H]2CCCCC3)[C@H](C(=O)N[C@]2(C(=O)NS(=O)(=O)C3CC3)C[C@H]2C(F)F)[C@@H]1C. The minimum Gasteiger partial charge on any atom is -0.497 e. The number of halogens is 2. The zero-order valence-corrected chi connectivity index (χ0v) is 35.6. The normalized spacial score (nSPS) is 33.5. The molecule has 0 unspecified atom stereocenters. The molecule has 0 spiro atoms. The lowest BCUT2D eigenvalue weighted by Gasteiger charge is -2.37. The van der Waals surface area contributed by atoms with E-state index in [1.807, 2.05) is 10.8 Å². The standard InChI is InChI=1S/C42H56F2N6O9S/c1-21-31-20-50(32(21)36(51)48-42(19-27(42)35(43)44)39(53)49-60(55,56)25-14-15-25)38(52)34(41(2,3)4)47-40(54)59-33-23-12-11-22(17-23)26(33)9-7-6-8-10-29-37(58-31)46-30-18-24(57-5)13-16-28(30)45-29/h13,16,18,21-23,25-27,31-35H,6-12,14-15,17,19-20H2,1-5H3,(H,47,54)(H,48,51)(H,49,53)/t21-,22-,23+,26-,27+,31+,32+,33-,34-,42-/m1/s1. The fourth-order valence-electron chi connectivity index (χ4n) is 10.2. The maximum atomic E-state index is 15.0. The lowest BCUT2D eigenvalue weighted by molar-refractivity contribution is -0.143. The molecule has 0 radical (unpaired) electrons. The predicted molar refractivity (Wildman–Crippen MR) is 213 cm³/mol. The maximum Gasteiger partial charge on any atom is 0.408 e. The predicted octanol–water partition coefficient (Wildman–Crippen LogP) is 4.65. The summed E-state index contributed by atoms with van der Waals surface area (Å²) in [4.78, 5) is 68.0. The molecule has 1 aromatic carbocycles. The Morgan fingerprint density at radius 3 is 2.45 bits per heavy atom.